The molecule has 0 radical (unpaired) electrons. The summed E-state index contributed by atoms with van der Waals surface area (Å²) in [5.74, 6) is 0. The molecule has 0 amide bonds. The number of hydrogen-bond acceptors (Lipinski definition) is 3. The highest BCUT2D eigenvalue weighted by molar-refractivity contribution is 6.26. The van der Waals surface area contributed by atoms with Crippen LogP contribution < -0.4 is 15.5 Å². The van der Waals surface area contributed by atoms with Gasteiger partial charge in [0, 0.05) is 45.0 Å². The minimum absolute atomic E-state index is 0.374. The van der Waals surface area contributed by atoms with E-state index in [1.54, 1.807) is 0 Å². The van der Waals surface area contributed by atoms with Gasteiger partial charge in [0.05, 0.1) is 11.4 Å². The maximum Gasteiger partial charge on any atom is 0.0503 e. The van der Waals surface area contributed by atoms with E-state index in [2.05, 4.69) is 290 Å². The summed E-state index contributed by atoms with van der Waals surface area (Å²) in [6.07, 6.45) is 0. The number of para-hydroxylation sites is 2. The third kappa shape index (κ3) is 7.55. The van der Waals surface area contributed by atoms with Crippen molar-refractivity contribution < 1.29 is 0 Å². The lowest BCUT2D eigenvalue weighted by atomic mass is 9.72. The molecule has 0 spiro atoms. The van der Waals surface area contributed by atoms with Gasteiger partial charge in [-0.25, -0.2) is 0 Å². The number of nitrogens with one attached hydrogen (secondary N) is 2. The monoisotopic (exact) mass is 921 g/mol. The molecule has 2 N–H and O–H groups in total. The Morgan fingerprint density at radius 2 is 0.653 bits per heavy atom. The molecule has 0 unspecified atom stereocenters. The minimum atomic E-state index is -0.374. The molecule has 0 saturated heterocycles. The van der Waals surface area contributed by atoms with Gasteiger partial charge in [-0.3, -0.25) is 0 Å². The van der Waals surface area contributed by atoms with Crippen LogP contribution in [-0.4, -0.2) is 0 Å². The van der Waals surface area contributed by atoms with Crippen LogP contribution in [0.15, 0.2) is 261 Å². The molecule has 0 fully saturated rings. The van der Waals surface area contributed by atoms with Gasteiger partial charge in [-0.2, -0.15) is 0 Å². The van der Waals surface area contributed by atoms with Gasteiger partial charge in [0.15, 0.2) is 0 Å². The Labute approximate surface area is 421 Å². The van der Waals surface area contributed by atoms with Crippen LogP contribution in [0.2, 0.25) is 0 Å². The van der Waals surface area contributed by atoms with Crippen molar-refractivity contribution >= 4 is 72.1 Å². The molecule has 12 aromatic carbocycles. The zero-order valence-electron chi connectivity index (χ0n) is 40.3. The summed E-state index contributed by atoms with van der Waals surface area (Å²) in [6, 6.07) is 95.0. The lowest BCUT2D eigenvalue weighted by Crippen LogP contribution is -2.30. The molecule has 1 aliphatic heterocycles. The predicted molar refractivity (Wildman–Crippen MR) is 307 cm³/mol. The highest BCUT2D eigenvalue weighted by atomic mass is 15.2. The molecule has 0 bridgehead atoms. The van der Waals surface area contributed by atoms with E-state index in [4.69, 9.17) is 0 Å². The van der Waals surface area contributed by atoms with Crippen molar-refractivity contribution in [2.24, 2.45) is 0 Å². The first-order valence-electron chi connectivity index (χ1n) is 24.9. The average Bonchev–Trinajstić information content (AvgIpc) is 3.44. The predicted octanol–water partition coefficient (Wildman–Crippen LogP) is 19.4. The molecule has 3 heteroatoms. The van der Waals surface area contributed by atoms with Crippen LogP contribution >= 0.6 is 0 Å². The molecule has 3 nitrogen and oxygen atoms in total. The van der Waals surface area contributed by atoms with Gasteiger partial charge in [0.25, 0.3) is 0 Å². The Morgan fingerprint density at radius 3 is 1.10 bits per heavy atom. The highest BCUT2D eigenvalue weighted by Crippen LogP contribution is 2.54. The first-order valence-corrected chi connectivity index (χ1v) is 24.9. The van der Waals surface area contributed by atoms with E-state index in [0.29, 0.717) is 0 Å². The number of rotatable bonds is 9. The Hall–Kier alpha value is -9.18. The summed E-state index contributed by atoms with van der Waals surface area (Å²) >= 11 is 0. The number of hydrogen-bond donors (Lipinski definition) is 2. The maximum absolute atomic E-state index is 3.72. The quantitative estimate of drug-likeness (QED) is 0.141. The van der Waals surface area contributed by atoms with Crippen molar-refractivity contribution in [1.29, 1.82) is 0 Å². The number of nitrogens with zero attached hydrogens (tertiary/aromatic N) is 1. The fourth-order valence-corrected chi connectivity index (χ4v) is 11.1. The van der Waals surface area contributed by atoms with E-state index < -0.39 is 0 Å². The Kier molecular flexibility index (Phi) is 10.5. The van der Waals surface area contributed by atoms with Gasteiger partial charge in [0.1, 0.15) is 0 Å². The maximum atomic E-state index is 3.72. The Bertz CT molecular complexity index is 3780. The second-order valence-corrected chi connectivity index (χ2v) is 19.5. The minimum Gasteiger partial charge on any atom is -0.355 e. The number of benzene rings is 12. The first kappa shape index (κ1) is 42.9. The molecule has 72 heavy (non-hydrogen) atoms. The van der Waals surface area contributed by atoms with Crippen molar-refractivity contribution in [3.63, 3.8) is 0 Å². The van der Waals surface area contributed by atoms with Crippen LogP contribution in [0.1, 0.15) is 25.0 Å². The van der Waals surface area contributed by atoms with E-state index in [-0.39, 0.29) is 5.41 Å². The van der Waals surface area contributed by atoms with E-state index in [1.165, 1.54) is 88.2 Å². The molecule has 0 saturated carbocycles. The summed E-state index contributed by atoms with van der Waals surface area (Å²) in [5.41, 5.74) is 19.2. The number of anilines is 7. The summed E-state index contributed by atoms with van der Waals surface area (Å²) in [7, 11) is 0. The summed E-state index contributed by atoms with van der Waals surface area (Å²) in [6.45, 7) is 4.81. The van der Waals surface area contributed by atoms with Crippen molar-refractivity contribution in [2.75, 3.05) is 15.5 Å². The van der Waals surface area contributed by atoms with Crippen molar-refractivity contribution in [2.45, 2.75) is 19.3 Å². The molecule has 0 atom stereocenters. The van der Waals surface area contributed by atoms with Crippen molar-refractivity contribution in [3.8, 4) is 44.5 Å². The molecule has 0 aliphatic carbocycles. The number of fused-ring (bicyclic) bond motifs is 8. The van der Waals surface area contributed by atoms with E-state index in [0.717, 1.165) is 39.6 Å². The third-order valence-corrected chi connectivity index (χ3v) is 14.8. The molecule has 1 heterocycles. The van der Waals surface area contributed by atoms with Crippen LogP contribution in [0.5, 0.6) is 0 Å². The second-order valence-electron chi connectivity index (χ2n) is 19.5. The lowest BCUT2D eigenvalue weighted by molar-refractivity contribution is 0.632. The van der Waals surface area contributed by atoms with Crippen molar-refractivity contribution in [3.05, 3.63) is 272 Å². The van der Waals surface area contributed by atoms with Gasteiger partial charge < -0.3 is 15.5 Å². The van der Waals surface area contributed by atoms with Crippen LogP contribution in [0.25, 0.3) is 76.8 Å². The molecule has 12 aromatic rings. The molecular formula is C69H51N3. The second kappa shape index (κ2) is 17.7. The van der Waals surface area contributed by atoms with Gasteiger partial charge in [0.2, 0.25) is 0 Å². The fraction of sp³-hybridized carbons (Fsp3) is 0.0435. The summed E-state index contributed by atoms with van der Waals surface area (Å²) < 4.78 is 0. The Balaban J connectivity index is 0.991. The van der Waals surface area contributed by atoms with Gasteiger partial charge >= 0.3 is 0 Å². The van der Waals surface area contributed by atoms with E-state index in [1.807, 2.05) is 0 Å². The van der Waals surface area contributed by atoms with Gasteiger partial charge in [-0.05, 0) is 162 Å². The van der Waals surface area contributed by atoms with Gasteiger partial charge in [-0.1, -0.05) is 190 Å². The van der Waals surface area contributed by atoms with Crippen LogP contribution in [0.4, 0.5) is 39.8 Å². The molecule has 1 aliphatic rings. The molecule has 13 rings (SSSR count). The zero-order chi connectivity index (χ0) is 48.2. The summed E-state index contributed by atoms with van der Waals surface area (Å²) in [5, 5.41) is 15.0. The normalized spacial score (nSPS) is 12.7. The molecule has 0 aromatic heterocycles. The first-order chi connectivity index (χ1) is 35.4. The third-order valence-electron chi connectivity index (χ3n) is 14.8. The van der Waals surface area contributed by atoms with E-state index in [9.17, 15) is 0 Å². The topological polar surface area (TPSA) is 27.3 Å². The fourth-order valence-electron chi connectivity index (χ4n) is 11.1. The van der Waals surface area contributed by atoms with Crippen LogP contribution in [-0.2, 0) is 5.41 Å². The smallest absolute Gasteiger partial charge is 0.0503 e. The lowest BCUT2D eigenvalue weighted by Gasteiger charge is -2.42. The van der Waals surface area contributed by atoms with Crippen LogP contribution in [0.3, 0.4) is 0 Å². The van der Waals surface area contributed by atoms with E-state index >= 15 is 0 Å². The zero-order valence-corrected chi connectivity index (χ0v) is 40.3. The van der Waals surface area contributed by atoms with Gasteiger partial charge in [-0.15, -0.1) is 0 Å². The van der Waals surface area contributed by atoms with Crippen LogP contribution in [0, 0.1) is 0 Å². The largest absolute Gasteiger partial charge is 0.355 e. The molecular weight excluding hydrogens is 871 g/mol. The van der Waals surface area contributed by atoms with Crippen molar-refractivity contribution in [1.82, 2.24) is 0 Å². The highest BCUT2D eigenvalue weighted by Gasteiger charge is 2.38. The average molecular weight is 922 g/mol. The summed E-state index contributed by atoms with van der Waals surface area (Å²) in [4.78, 5) is 2.51. The Morgan fingerprint density at radius 1 is 0.292 bits per heavy atom. The standard InChI is InChI=1S/C69H51N3/c1-69(2)63-43-50(48-31-37-65(70-52-23-11-5-12-24-52)60(41-48)46-19-7-3-8-20-46)33-39-67(63)72(54-35-36-59-57-29-16-15-27-55(57)56-28-17-18-30-58(56)62(59)45-54)68-40-34-51(44-64(68)69)49-32-38-66(71-53-25-13-6-14-26-53)61(42-49)47-21-9-4-10-22-47/h3-45,70-71H,1-2H3. The SMILES string of the molecule is CC1(C)c2cc(-c3ccc(Nc4ccccc4)c(-c4ccccc4)c3)ccc2N(c2ccc3c4ccccc4c4ccccc4c3c2)c2ccc(-c3ccc(Nc4ccccc4)c(-c4ccccc4)c3)cc21. The molecule has 342 valence electrons.